The molecule has 1 heterocycles. The highest BCUT2D eigenvalue weighted by Gasteiger charge is 2.26. The standard InChI is InChI=1S/C19H28N2O4/c1-19(2,3)25-18(23)21-10-8-16(9-11-21)20-13-14-6-5-7-15(12-14)17(22)24-4/h5-7,12,16,20H,8-11,13H2,1-4H3. The highest BCUT2D eigenvalue weighted by atomic mass is 16.6. The molecular weight excluding hydrogens is 320 g/mol. The smallest absolute Gasteiger partial charge is 0.410 e. The maximum atomic E-state index is 12.1. The van der Waals surface area contributed by atoms with Gasteiger partial charge >= 0.3 is 12.1 Å². The normalized spacial score (nSPS) is 15.8. The highest BCUT2D eigenvalue weighted by molar-refractivity contribution is 5.89. The maximum absolute atomic E-state index is 12.1. The van der Waals surface area contributed by atoms with Crippen molar-refractivity contribution in [2.75, 3.05) is 20.2 Å². The van der Waals surface area contributed by atoms with Crippen LogP contribution < -0.4 is 5.32 Å². The van der Waals surface area contributed by atoms with Crippen LogP contribution in [-0.4, -0.2) is 48.8 Å². The largest absolute Gasteiger partial charge is 0.465 e. The summed E-state index contributed by atoms with van der Waals surface area (Å²) in [5, 5.41) is 3.50. The Labute approximate surface area is 149 Å². The van der Waals surface area contributed by atoms with Crippen LogP contribution in [-0.2, 0) is 16.0 Å². The minimum atomic E-state index is -0.461. The van der Waals surface area contributed by atoms with Crippen LogP contribution in [0.5, 0.6) is 0 Å². The summed E-state index contributed by atoms with van der Waals surface area (Å²) < 4.78 is 10.2. The van der Waals surface area contributed by atoms with Gasteiger partial charge in [0.05, 0.1) is 12.7 Å². The number of hydrogen-bond donors (Lipinski definition) is 1. The number of esters is 1. The van der Waals surface area contributed by atoms with E-state index < -0.39 is 5.60 Å². The predicted molar refractivity (Wildman–Crippen MR) is 95.5 cm³/mol. The van der Waals surface area contributed by atoms with Gasteiger partial charge in [-0.1, -0.05) is 12.1 Å². The van der Waals surface area contributed by atoms with Crippen LogP contribution in [0.1, 0.15) is 49.5 Å². The van der Waals surface area contributed by atoms with Crippen molar-refractivity contribution >= 4 is 12.1 Å². The number of benzene rings is 1. The van der Waals surface area contributed by atoms with Crippen molar-refractivity contribution in [3.63, 3.8) is 0 Å². The van der Waals surface area contributed by atoms with Gasteiger partial charge in [-0.2, -0.15) is 0 Å². The molecule has 1 aliphatic heterocycles. The molecule has 0 aromatic heterocycles. The van der Waals surface area contributed by atoms with Crippen LogP contribution in [0.4, 0.5) is 4.79 Å². The quantitative estimate of drug-likeness (QED) is 0.847. The van der Waals surface area contributed by atoms with E-state index in [0.717, 1.165) is 18.4 Å². The molecule has 0 bridgehead atoms. The fourth-order valence-electron chi connectivity index (χ4n) is 2.78. The number of methoxy groups -OCH3 is 1. The van der Waals surface area contributed by atoms with Gasteiger partial charge in [0.25, 0.3) is 0 Å². The van der Waals surface area contributed by atoms with Crippen molar-refractivity contribution in [2.45, 2.75) is 51.8 Å². The summed E-state index contributed by atoms with van der Waals surface area (Å²) in [5.74, 6) is -0.326. The molecule has 1 N–H and O–H groups in total. The zero-order valence-corrected chi connectivity index (χ0v) is 15.5. The minimum absolute atomic E-state index is 0.239. The second-order valence-corrected chi connectivity index (χ2v) is 7.31. The third-order valence-corrected chi connectivity index (χ3v) is 4.09. The lowest BCUT2D eigenvalue weighted by atomic mass is 10.0. The van der Waals surface area contributed by atoms with Gasteiger partial charge in [-0.05, 0) is 51.3 Å². The molecule has 0 spiro atoms. The molecule has 6 nitrogen and oxygen atoms in total. The maximum Gasteiger partial charge on any atom is 0.410 e. The lowest BCUT2D eigenvalue weighted by molar-refractivity contribution is 0.0198. The Morgan fingerprint density at radius 3 is 2.52 bits per heavy atom. The van der Waals surface area contributed by atoms with E-state index in [1.54, 1.807) is 11.0 Å². The summed E-state index contributed by atoms with van der Waals surface area (Å²) in [6.07, 6.45) is 1.53. The van der Waals surface area contributed by atoms with E-state index in [2.05, 4.69) is 5.32 Å². The van der Waals surface area contributed by atoms with E-state index in [1.807, 2.05) is 39.0 Å². The summed E-state index contributed by atoms with van der Waals surface area (Å²) in [4.78, 5) is 25.4. The Kier molecular flexibility index (Phi) is 6.42. The van der Waals surface area contributed by atoms with Crippen LogP contribution >= 0.6 is 0 Å². The molecule has 0 unspecified atom stereocenters. The Balaban J connectivity index is 1.79. The van der Waals surface area contributed by atoms with Gasteiger partial charge in [0.15, 0.2) is 0 Å². The molecule has 0 saturated carbocycles. The number of carbonyl (C=O) groups excluding carboxylic acids is 2. The summed E-state index contributed by atoms with van der Waals surface area (Å²) in [6, 6.07) is 7.77. The number of piperidine rings is 1. The average Bonchev–Trinajstić information content (AvgIpc) is 2.58. The fourth-order valence-corrected chi connectivity index (χ4v) is 2.78. The molecule has 0 atom stereocenters. The van der Waals surface area contributed by atoms with Crippen LogP contribution in [0.25, 0.3) is 0 Å². The van der Waals surface area contributed by atoms with Crippen LogP contribution in [0.15, 0.2) is 24.3 Å². The molecule has 6 heteroatoms. The molecule has 1 fully saturated rings. The zero-order valence-electron chi connectivity index (χ0n) is 15.5. The van der Waals surface area contributed by atoms with Gasteiger partial charge in [0.2, 0.25) is 0 Å². The van der Waals surface area contributed by atoms with Crippen LogP contribution in [0.2, 0.25) is 0 Å². The first kappa shape index (κ1) is 19.2. The number of amides is 1. The Morgan fingerprint density at radius 2 is 1.92 bits per heavy atom. The molecule has 1 amide bonds. The minimum Gasteiger partial charge on any atom is -0.465 e. The van der Waals surface area contributed by atoms with E-state index in [9.17, 15) is 9.59 Å². The number of nitrogens with zero attached hydrogens (tertiary/aromatic N) is 1. The molecule has 0 aliphatic carbocycles. The summed E-state index contributed by atoms with van der Waals surface area (Å²) >= 11 is 0. The van der Waals surface area contributed by atoms with Crippen molar-refractivity contribution in [2.24, 2.45) is 0 Å². The molecular formula is C19H28N2O4. The van der Waals surface area contributed by atoms with Crippen molar-refractivity contribution < 1.29 is 19.1 Å². The lowest BCUT2D eigenvalue weighted by Gasteiger charge is -2.33. The van der Waals surface area contributed by atoms with Crippen molar-refractivity contribution in [3.8, 4) is 0 Å². The first-order valence-electron chi connectivity index (χ1n) is 8.67. The number of nitrogens with one attached hydrogen (secondary N) is 1. The van der Waals surface area contributed by atoms with Crippen LogP contribution in [0.3, 0.4) is 0 Å². The molecule has 25 heavy (non-hydrogen) atoms. The van der Waals surface area contributed by atoms with Crippen molar-refractivity contribution in [1.82, 2.24) is 10.2 Å². The van der Waals surface area contributed by atoms with Gasteiger partial charge in [-0.25, -0.2) is 9.59 Å². The van der Waals surface area contributed by atoms with E-state index in [-0.39, 0.29) is 12.1 Å². The van der Waals surface area contributed by atoms with E-state index in [1.165, 1.54) is 7.11 Å². The number of likely N-dealkylation sites (tertiary alicyclic amines) is 1. The number of rotatable bonds is 4. The number of hydrogen-bond acceptors (Lipinski definition) is 5. The van der Waals surface area contributed by atoms with Gasteiger partial charge in [0, 0.05) is 25.7 Å². The average molecular weight is 348 g/mol. The second kappa shape index (κ2) is 8.34. The summed E-state index contributed by atoms with van der Waals surface area (Å²) in [5.41, 5.74) is 1.13. The van der Waals surface area contributed by atoms with Crippen LogP contribution in [0, 0.1) is 0 Å². The Morgan fingerprint density at radius 1 is 1.24 bits per heavy atom. The molecule has 2 rings (SSSR count). The fraction of sp³-hybridized carbons (Fsp3) is 0.579. The van der Waals surface area contributed by atoms with Crippen molar-refractivity contribution in [3.05, 3.63) is 35.4 Å². The van der Waals surface area contributed by atoms with Gasteiger partial charge < -0.3 is 19.7 Å². The monoisotopic (exact) mass is 348 g/mol. The van der Waals surface area contributed by atoms with E-state index in [4.69, 9.17) is 9.47 Å². The molecule has 1 aliphatic rings. The van der Waals surface area contributed by atoms with E-state index in [0.29, 0.717) is 31.2 Å². The molecule has 138 valence electrons. The highest BCUT2D eigenvalue weighted by Crippen LogP contribution is 2.16. The third-order valence-electron chi connectivity index (χ3n) is 4.09. The Hall–Kier alpha value is -2.08. The van der Waals surface area contributed by atoms with E-state index >= 15 is 0 Å². The summed E-state index contributed by atoms with van der Waals surface area (Å²) in [6.45, 7) is 7.69. The third kappa shape index (κ3) is 6.05. The lowest BCUT2D eigenvalue weighted by Crippen LogP contribution is -2.46. The topological polar surface area (TPSA) is 67.9 Å². The predicted octanol–water partition coefficient (Wildman–Crippen LogP) is 2.96. The first-order valence-corrected chi connectivity index (χ1v) is 8.67. The number of carbonyl (C=O) groups is 2. The first-order chi connectivity index (χ1) is 11.8. The van der Waals surface area contributed by atoms with Crippen molar-refractivity contribution in [1.29, 1.82) is 0 Å². The SMILES string of the molecule is COC(=O)c1cccc(CNC2CCN(C(=O)OC(C)(C)C)CC2)c1. The molecule has 1 saturated heterocycles. The van der Waals surface area contributed by atoms with Gasteiger partial charge in [-0.15, -0.1) is 0 Å². The van der Waals surface area contributed by atoms with Gasteiger partial charge in [0.1, 0.15) is 5.60 Å². The summed E-state index contributed by atoms with van der Waals surface area (Å²) in [7, 11) is 1.38. The molecule has 1 aromatic carbocycles. The zero-order chi connectivity index (χ0) is 18.4. The second-order valence-electron chi connectivity index (χ2n) is 7.31. The van der Waals surface area contributed by atoms with Gasteiger partial charge in [-0.3, -0.25) is 0 Å². The Bertz CT molecular complexity index is 602. The molecule has 0 radical (unpaired) electrons. The number of ether oxygens (including phenoxy) is 2. The molecule has 1 aromatic rings.